The van der Waals surface area contributed by atoms with Crippen LogP contribution in [0.2, 0.25) is 5.02 Å². The Labute approximate surface area is 175 Å². The van der Waals surface area contributed by atoms with Crippen molar-refractivity contribution < 1.29 is 22.4 Å². The molecule has 1 aromatic heterocycles. The van der Waals surface area contributed by atoms with E-state index in [2.05, 4.69) is 20.9 Å². The number of nitrogens with one attached hydrogen (secondary N) is 3. The number of hydrogen-bond donors (Lipinski definition) is 3. The van der Waals surface area contributed by atoms with Crippen molar-refractivity contribution in [2.75, 3.05) is 25.5 Å². The first-order chi connectivity index (χ1) is 14.2. The summed E-state index contributed by atoms with van der Waals surface area (Å²) in [5, 5.41) is 8.34. The predicted octanol–water partition coefficient (Wildman–Crippen LogP) is 3.89. The molecule has 1 aromatic carbocycles. The third kappa shape index (κ3) is 5.09. The van der Waals surface area contributed by atoms with E-state index in [-0.39, 0.29) is 17.9 Å². The molecule has 0 spiro atoms. The molecule has 0 saturated carbocycles. The number of amides is 1. The van der Waals surface area contributed by atoms with Crippen molar-refractivity contribution in [2.24, 2.45) is 0 Å². The molecule has 3 rings (SSSR count). The number of anilines is 1. The number of carbonyl (C=O) groups excluding carboxylic acids is 1. The number of halogens is 5. The summed E-state index contributed by atoms with van der Waals surface area (Å²) in [5.74, 6) is -1.65. The van der Waals surface area contributed by atoms with Gasteiger partial charge in [-0.1, -0.05) is 11.6 Å². The van der Waals surface area contributed by atoms with Crippen molar-refractivity contribution >= 4 is 23.2 Å². The largest absolute Gasteiger partial charge is 0.419 e. The number of benzene rings is 1. The number of rotatable bonds is 6. The predicted molar refractivity (Wildman–Crippen MR) is 106 cm³/mol. The average Bonchev–Trinajstić information content (AvgIpc) is 2.67. The number of alkyl halides is 3. The minimum atomic E-state index is -4.85. The van der Waals surface area contributed by atoms with Gasteiger partial charge in [-0.3, -0.25) is 9.78 Å². The highest BCUT2D eigenvalue weighted by molar-refractivity contribution is 6.30. The molecular weight excluding hydrogens is 424 g/mol. The standard InChI is InChI=1S/C20H19ClF4N4O/c1-26-10-14-17(3-5-28-19(14)30)29-12-2-4-27-13(9-12)6-11-7-15(20(23,24)25)18(22)16(21)8-11/h2,4,7-9,26H,3,5-6,10H2,1H3,(H,27,29)(H,28,30). The van der Waals surface area contributed by atoms with E-state index < -0.39 is 22.6 Å². The van der Waals surface area contributed by atoms with Crippen LogP contribution in [0.5, 0.6) is 0 Å². The summed E-state index contributed by atoms with van der Waals surface area (Å²) in [4.78, 5) is 16.2. The van der Waals surface area contributed by atoms with E-state index in [0.29, 0.717) is 36.5 Å². The molecule has 30 heavy (non-hydrogen) atoms. The van der Waals surface area contributed by atoms with Crippen LogP contribution >= 0.6 is 11.6 Å². The maximum absolute atomic E-state index is 13.8. The summed E-state index contributed by atoms with van der Waals surface area (Å²) in [6.45, 7) is 0.890. The molecular formula is C20H19ClF4N4O. The van der Waals surface area contributed by atoms with Crippen LogP contribution in [0.15, 0.2) is 41.7 Å². The monoisotopic (exact) mass is 442 g/mol. The Hall–Kier alpha value is -2.65. The minimum absolute atomic E-state index is 0.0293. The second-order valence-corrected chi connectivity index (χ2v) is 7.18. The summed E-state index contributed by atoms with van der Waals surface area (Å²) >= 11 is 5.65. The smallest absolute Gasteiger partial charge is 0.358 e. The van der Waals surface area contributed by atoms with E-state index in [4.69, 9.17) is 11.6 Å². The fourth-order valence-electron chi connectivity index (χ4n) is 3.19. The van der Waals surface area contributed by atoms with Gasteiger partial charge >= 0.3 is 6.18 Å². The van der Waals surface area contributed by atoms with E-state index in [1.165, 1.54) is 6.20 Å². The second-order valence-electron chi connectivity index (χ2n) is 6.77. The summed E-state index contributed by atoms with van der Waals surface area (Å²) in [6, 6.07) is 5.26. The average molecular weight is 443 g/mol. The van der Waals surface area contributed by atoms with Crippen molar-refractivity contribution in [3.05, 3.63) is 69.4 Å². The van der Waals surface area contributed by atoms with Gasteiger partial charge in [-0.05, 0) is 36.9 Å². The molecule has 2 aromatic rings. The zero-order chi connectivity index (χ0) is 21.9. The Balaban J connectivity index is 1.86. The van der Waals surface area contributed by atoms with Gasteiger partial charge in [-0.25, -0.2) is 4.39 Å². The van der Waals surface area contributed by atoms with Gasteiger partial charge in [0.05, 0.1) is 10.6 Å². The number of pyridine rings is 1. The molecule has 0 bridgehead atoms. The summed E-state index contributed by atoms with van der Waals surface area (Å²) in [5.41, 5.74) is 1.23. The van der Waals surface area contributed by atoms with Crippen LogP contribution in [0.4, 0.5) is 23.2 Å². The van der Waals surface area contributed by atoms with E-state index in [0.717, 1.165) is 17.8 Å². The topological polar surface area (TPSA) is 66.1 Å². The Morgan fingerprint density at radius 2 is 2.03 bits per heavy atom. The van der Waals surface area contributed by atoms with Gasteiger partial charge in [0.25, 0.3) is 0 Å². The fourth-order valence-corrected chi connectivity index (χ4v) is 3.43. The molecule has 0 saturated heterocycles. The lowest BCUT2D eigenvalue weighted by Crippen LogP contribution is -2.36. The van der Waals surface area contributed by atoms with Crippen molar-refractivity contribution in [1.29, 1.82) is 0 Å². The van der Waals surface area contributed by atoms with E-state index in [1.54, 1.807) is 19.2 Å². The third-order valence-corrected chi connectivity index (χ3v) is 4.82. The van der Waals surface area contributed by atoms with Crippen LogP contribution in [0.25, 0.3) is 0 Å². The molecule has 2 heterocycles. The van der Waals surface area contributed by atoms with Crippen molar-refractivity contribution in [3.63, 3.8) is 0 Å². The molecule has 1 aliphatic heterocycles. The minimum Gasteiger partial charge on any atom is -0.358 e. The quantitative estimate of drug-likeness (QED) is 0.594. The van der Waals surface area contributed by atoms with Gasteiger partial charge < -0.3 is 16.0 Å². The van der Waals surface area contributed by atoms with Crippen molar-refractivity contribution in [1.82, 2.24) is 15.6 Å². The number of carbonyl (C=O) groups is 1. The Morgan fingerprint density at radius 3 is 2.73 bits per heavy atom. The van der Waals surface area contributed by atoms with Crippen molar-refractivity contribution in [2.45, 2.75) is 19.0 Å². The molecule has 10 heteroatoms. The molecule has 0 atom stereocenters. The number of hydrogen-bond acceptors (Lipinski definition) is 4. The molecule has 0 unspecified atom stereocenters. The second kappa shape index (κ2) is 9.01. The van der Waals surface area contributed by atoms with Gasteiger partial charge in [-0.2, -0.15) is 13.2 Å². The van der Waals surface area contributed by atoms with Gasteiger partial charge in [0.15, 0.2) is 5.82 Å². The van der Waals surface area contributed by atoms with Crippen LogP contribution < -0.4 is 16.0 Å². The summed E-state index contributed by atoms with van der Waals surface area (Å²) < 4.78 is 52.9. The maximum Gasteiger partial charge on any atom is 0.419 e. The zero-order valence-corrected chi connectivity index (χ0v) is 16.7. The normalized spacial score (nSPS) is 14.7. The number of likely N-dealkylation sites (N-methyl/N-ethyl adjacent to an activating group) is 1. The molecule has 0 fully saturated rings. The molecule has 1 amide bonds. The highest BCUT2D eigenvalue weighted by Gasteiger charge is 2.35. The molecule has 0 aliphatic carbocycles. The highest BCUT2D eigenvalue weighted by Crippen LogP contribution is 2.35. The van der Waals surface area contributed by atoms with E-state index in [1.807, 2.05) is 0 Å². The SMILES string of the molecule is CNCC1=C(Nc2ccnc(Cc3cc(Cl)c(F)c(C(F)(F)F)c3)c2)CCNC1=O. The molecule has 160 valence electrons. The Kier molecular flexibility index (Phi) is 6.62. The number of nitrogens with zero attached hydrogens (tertiary/aromatic N) is 1. The molecule has 0 radical (unpaired) electrons. The maximum atomic E-state index is 13.8. The highest BCUT2D eigenvalue weighted by atomic mass is 35.5. The Morgan fingerprint density at radius 1 is 1.27 bits per heavy atom. The number of aromatic nitrogens is 1. The van der Waals surface area contributed by atoms with Gasteiger partial charge in [-0.15, -0.1) is 0 Å². The van der Waals surface area contributed by atoms with Crippen LogP contribution in [0.1, 0.15) is 23.2 Å². The lowest BCUT2D eigenvalue weighted by Gasteiger charge is -2.22. The van der Waals surface area contributed by atoms with Gasteiger partial charge in [0.1, 0.15) is 0 Å². The molecule has 1 aliphatic rings. The van der Waals surface area contributed by atoms with Crippen LogP contribution in [0.3, 0.4) is 0 Å². The molecule has 3 N–H and O–H groups in total. The van der Waals surface area contributed by atoms with Crippen LogP contribution in [0, 0.1) is 5.82 Å². The summed E-state index contributed by atoms with van der Waals surface area (Å²) in [6.07, 6.45) is -2.70. The van der Waals surface area contributed by atoms with E-state index >= 15 is 0 Å². The Bertz CT molecular complexity index is 991. The van der Waals surface area contributed by atoms with Gasteiger partial charge in [0, 0.05) is 54.8 Å². The fraction of sp³-hybridized carbons (Fsp3) is 0.300. The van der Waals surface area contributed by atoms with E-state index in [9.17, 15) is 22.4 Å². The van der Waals surface area contributed by atoms with Crippen LogP contribution in [-0.2, 0) is 17.4 Å². The zero-order valence-electron chi connectivity index (χ0n) is 16.0. The first-order valence-electron chi connectivity index (χ1n) is 9.11. The first kappa shape index (κ1) is 22.0. The molecule has 5 nitrogen and oxygen atoms in total. The van der Waals surface area contributed by atoms with Crippen LogP contribution in [-0.4, -0.2) is 31.0 Å². The van der Waals surface area contributed by atoms with Crippen molar-refractivity contribution in [3.8, 4) is 0 Å². The van der Waals surface area contributed by atoms with Gasteiger partial charge in [0.2, 0.25) is 5.91 Å². The lowest BCUT2D eigenvalue weighted by molar-refractivity contribution is -0.140. The first-order valence-corrected chi connectivity index (χ1v) is 9.48. The summed E-state index contributed by atoms with van der Waals surface area (Å²) in [7, 11) is 1.74. The lowest BCUT2D eigenvalue weighted by atomic mass is 10.0. The third-order valence-electron chi connectivity index (χ3n) is 4.54.